The van der Waals surface area contributed by atoms with Crippen LogP contribution < -0.4 is 4.74 Å². The third kappa shape index (κ3) is 2.54. The monoisotopic (exact) mass is 271 g/mol. The number of aliphatic hydroxyl groups excluding tert-OH is 1. The average molecular weight is 271 g/mol. The molecule has 1 atom stereocenters. The van der Waals surface area contributed by atoms with Gasteiger partial charge in [-0.25, -0.2) is 0 Å². The molecule has 0 aliphatic carbocycles. The summed E-state index contributed by atoms with van der Waals surface area (Å²) in [6, 6.07) is 7.77. The molecule has 0 amide bonds. The first-order chi connectivity index (χ1) is 9.45. The Morgan fingerprint density at radius 1 is 1.00 bits per heavy atom. The van der Waals surface area contributed by atoms with Crippen molar-refractivity contribution >= 4 is 0 Å². The molecule has 0 bridgehead atoms. The van der Waals surface area contributed by atoms with Crippen LogP contribution in [0.15, 0.2) is 24.3 Å². The van der Waals surface area contributed by atoms with Gasteiger partial charge in [0.1, 0.15) is 11.9 Å². The summed E-state index contributed by atoms with van der Waals surface area (Å²) in [4.78, 5) is 4.41. The standard InChI is InChI=1S/C17H21NO2/c1-10-6-8-15(17(20-5)12(10)3)16(19)14-9-7-11(2)18-13(14)4/h6-9,16,19H,1-5H3. The molecule has 0 saturated heterocycles. The first-order valence-electron chi connectivity index (χ1n) is 6.72. The van der Waals surface area contributed by atoms with E-state index in [9.17, 15) is 5.11 Å². The van der Waals surface area contributed by atoms with Gasteiger partial charge in [0.05, 0.1) is 7.11 Å². The van der Waals surface area contributed by atoms with E-state index in [1.807, 2.05) is 52.0 Å². The number of rotatable bonds is 3. The van der Waals surface area contributed by atoms with Gasteiger partial charge in [-0.15, -0.1) is 0 Å². The molecule has 20 heavy (non-hydrogen) atoms. The van der Waals surface area contributed by atoms with E-state index in [1.165, 1.54) is 0 Å². The number of methoxy groups -OCH3 is 1. The van der Waals surface area contributed by atoms with Gasteiger partial charge < -0.3 is 9.84 Å². The van der Waals surface area contributed by atoms with Crippen molar-refractivity contribution in [2.24, 2.45) is 0 Å². The van der Waals surface area contributed by atoms with Crippen LogP contribution >= 0.6 is 0 Å². The average Bonchev–Trinajstić information content (AvgIpc) is 2.41. The van der Waals surface area contributed by atoms with Crippen molar-refractivity contribution in [3.8, 4) is 5.75 Å². The Morgan fingerprint density at radius 3 is 2.25 bits per heavy atom. The maximum absolute atomic E-state index is 10.7. The van der Waals surface area contributed by atoms with Gasteiger partial charge in [0.25, 0.3) is 0 Å². The van der Waals surface area contributed by atoms with E-state index in [-0.39, 0.29) is 0 Å². The number of aromatic nitrogens is 1. The summed E-state index contributed by atoms with van der Waals surface area (Å²) < 4.78 is 5.48. The SMILES string of the molecule is COc1c(C(O)c2ccc(C)nc2C)ccc(C)c1C. The lowest BCUT2D eigenvalue weighted by Crippen LogP contribution is -2.07. The highest BCUT2D eigenvalue weighted by Crippen LogP contribution is 2.34. The Kier molecular flexibility index (Phi) is 4.09. The molecule has 1 unspecified atom stereocenters. The van der Waals surface area contributed by atoms with Crippen LogP contribution in [-0.4, -0.2) is 17.2 Å². The highest BCUT2D eigenvalue weighted by atomic mass is 16.5. The minimum absolute atomic E-state index is 0.725. The lowest BCUT2D eigenvalue weighted by atomic mass is 9.95. The molecule has 106 valence electrons. The lowest BCUT2D eigenvalue weighted by molar-refractivity contribution is 0.213. The first-order valence-corrected chi connectivity index (χ1v) is 6.72. The lowest BCUT2D eigenvalue weighted by Gasteiger charge is -2.19. The molecular weight excluding hydrogens is 250 g/mol. The molecule has 3 heteroatoms. The molecule has 0 fully saturated rings. The Bertz CT molecular complexity index is 635. The minimum atomic E-state index is -0.725. The summed E-state index contributed by atoms with van der Waals surface area (Å²) in [5.41, 5.74) is 5.60. The van der Waals surface area contributed by atoms with Crippen molar-refractivity contribution in [1.29, 1.82) is 0 Å². The molecule has 2 aromatic rings. The van der Waals surface area contributed by atoms with Crippen LogP contribution in [0.2, 0.25) is 0 Å². The second kappa shape index (κ2) is 5.63. The van der Waals surface area contributed by atoms with Gasteiger partial charge in [0, 0.05) is 22.5 Å². The molecule has 0 aliphatic rings. The minimum Gasteiger partial charge on any atom is -0.496 e. The van der Waals surface area contributed by atoms with Crippen LogP contribution in [-0.2, 0) is 0 Å². The first kappa shape index (κ1) is 14.5. The summed E-state index contributed by atoms with van der Waals surface area (Å²) in [6.45, 7) is 7.90. The molecule has 1 aromatic heterocycles. The van der Waals surface area contributed by atoms with Crippen molar-refractivity contribution in [2.75, 3.05) is 7.11 Å². The van der Waals surface area contributed by atoms with E-state index in [4.69, 9.17) is 4.74 Å². The normalized spacial score (nSPS) is 12.3. The third-order valence-electron chi connectivity index (χ3n) is 3.77. The van der Waals surface area contributed by atoms with Crippen LogP contribution in [0.5, 0.6) is 5.75 Å². The molecule has 2 rings (SSSR count). The second-order valence-electron chi connectivity index (χ2n) is 5.16. The molecule has 1 aromatic carbocycles. The zero-order valence-electron chi connectivity index (χ0n) is 12.7. The Hall–Kier alpha value is -1.87. The van der Waals surface area contributed by atoms with E-state index in [1.54, 1.807) is 7.11 Å². The molecule has 1 heterocycles. The van der Waals surface area contributed by atoms with Gasteiger partial charge in [-0.3, -0.25) is 4.98 Å². The van der Waals surface area contributed by atoms with E-state index in [2.05, 4.69) is 4.98 Å². The van der Waals surface area contributed by atoms with E-state index < -0.39 is 6.10 Å². The van der Waals surface area contributed by atoms with Crippen LogP contribution in [0.4, 0.5) is 0 Å². The van der Waals surface area contributed by atoms with E-state index in [0.29, 0.717) is 0 Å². The number of pyridine rings is 1. The number of nitrogens with zero attached hydrogens (tertiary/aromatic N) is 1. The Labute approximate surface area is 120 Å². The van der Waals surface area contributed by atoms with Crippen molar-refractivity contribution in [3.63, 3.8) is 0 Å². The number of benzene rings is 1. The van der Waals surface area contributed by atoms with E-state index >= 15 is 0 Å². The maximum Gasteiger partial charge on any atom is 0.128 e. The summed E-state index contributed by atoms with van der Waals surface area (Å²) in [6.07, 6.45) is -0.725. The van der Waals surface area contributed by atoms with Crippen LogP contribution in [0.25, 0.3) is 0 Å². The van der Waals surface area contributed by atoms with Crippen LogP contribution in [0, 0.1) is 27.7 Å². The maximum atomic E-state index is 10.7. The van der Waals surface area contributed by atoms with Gasteiger partial charge in [0.15, 0.2) is 0 Å². The molecule has 3 nitrogen and oxygen atoms in total. The number of hydrogen-bond acceptors (Lipinski definition) is 3. The topological polar surface area (TPSA) is 42.4 Å². The summed E-state index contributed by atoms with van der Waals surface area (Å²) in [5.74, 6) is 0.748. The highest BCUT2D eigenvalue weighted by molar-refractivity contribution is 5.49. The zero-order chi connectivity index (χ0) is 14.9. The van der Waals surface area contributed by atoms with Gasteiger partial charge in [-0.2, -0.15) is 0 Å². The fraction of sp³-hybridized carbons (Fsp3) is 0.353. The summed E-state index contributed by atoms with van der Waals surface area (Å²) in [7, 11) is 1.64. The molecule has 0 spiro atoms. The largest absolute Gasteiger partial charge is 0.496 e. The Morgan fingerprint density at radius 2 is 1.65 bits per heavy atom. The molecular formula is C17H21NO2. The number of hydrogen-bond donors (Lipinski definition) is 1. The van der Waals surface area contributed by atoms with Crippen LogP contribution in [0.1, 0.15) is 39.7 Å². The second-order valence-corrected chi connectivity index (χ2v) is 5.16. The van der Waals surface area contributed by atoms with Gasteiger partial charge >= 0.3 is 0 Å². The molecule has 0 saturated carbocycles. The number of aliphatic hydroxyl groups is 1. The third-order valence-corrected chi connectivity index (χ3v) is 3.77. The quantitative estimate of drug-likeness (QED) is 0.930. The predicted octanol–water partition coefficient (Wildman–Crippen LogP) is 3.41. The van der Waals surface area contributed by atoms with Crippen molar-refractivity contribution in [3.05, 3.63) is 57.9 Å². The van der Waals surface area contributed by atoms with Crippen molar-refractivity contribution in [2.45, 2.75) is 33.8 Å². The van der Waals surface area contributed by atoms with Gasteiger partial charge in [-0.1, -0.05) is 18.2 Å². The number of aryl methyl sites for hydroxylation is 3. The van der Waals surface area contributed by atoms with Crippen molar-refractivity contribution < 1.29 is 9.84 Å². The zero-order valence-corrected chi connectivity index (χ0v) is 12.7. The van der Waals surface area contributed by atoms with E-state index in [0.717, 1.165) is 39.4 Å². The summed E-state index contributed by atoms with van der Waals surface area (Å²) in [5, 5.41) is 10.7. The molecule has 0 aliphatic heterocycles. The predicted molar refractivity (Wildman–Crippen MR) is 80.2 cm³/mol. The van der Waals surface area contributed by atoms with Crippen molar-refractivity contribution in [1.82, 2.24) is 4.98 Å². The smallest absolute Gasteiger partial charge is 0.128 e. The Balaban J connectivity index is 2.53. The fourth-order valence-electron chi connectivity index (χ4n) is 2.45. The number of ether oxygens (including phenoxy) is 1. The van der Waals surface area contributed by atoms with Crippen LogP contribution in [0.3, 0.4) is 0 Å². The molecule has 1 N–H and O–H groups in total. The summed E-state index contributed by atoms with van der Waals surface area (Å²) >= 11 is 0. The van der Waals surface area contributed by atoms with Gasteiger partial charge in [-0.05, 0) is 44.9 Å². The fourth-order valence-corrected chi connectivity index (χ4v) is 2.45. The van der Waals surface area contributed by atoms with Gasteiger partial charge in [0.2, 0.25) is 0 Å². The highest BCUT2D eigenvalue weighted by Gasteiger charge is 2.19. The molecule has 0 radical (unpaired) electrons.